The van der Waals surface area contributed by atoms with Gasteiger partial charge in [0, 0.05) is 6.54 Å². The second-order valence-electron chi connectivity index (χ2n) is 4.71. The molecule has 0 bridgehead atoms. The van der Waals surface area contributed by atoms with E-state index in [-0.39, 0.29) is 12.5 Å². The van der Waals surface area contributed by atoms with Gasteiger partial charge in [0.2, 0.25) is 11.8 Å². The van der Waals surface area contributed by atoms with Crippen molar-refractivity contribution in [1.29, 1.82) is 0 Å². The smallest absolute Gasteiger partial charge is 0.237 e. The van der Waals surface area contributed by atoms with E-state index in [9.17, 15) is 9.59 Å². The third-order valence-electron chi connectivity index (χ3n) is 2.89. The Morgan fingerprint density at radius 2 is 2.12 bits per heavy atom. The predicted octanol–water partition coefficient (Wildman–Crippen LogP) is 0.100. The highest BCUT2D eigenvalue weighted by Crippen LogP contribution is 2.27. The molecule has 0 saturated heterocycles. The summed E-state index contributed by atoms with van der Waals surface area (Å²) in [6.07, 6.45) is 4.43. The predicted molar refractivity (Wildman–Crippen MR) is 66.3 cm³/mol. The minimum atomic E-state index is -0.448. The molecule has 1 rings (SSSR count). The molecule has 1 aliphatic rings. The number of hydrogen-bond acceptors (Lipinski definition) is 3. The standard InChI is InChI=1S/C12H23N3O2/c1-2-3-6-15(9-11(13)16)12(17)8-14-7-10-4-5-10/h10,14H,2-9H2,1H3,(H2,13,16). The lowest BCUT2D eigenvalue weighted by Gasteiger charge is -2.21. The maximum absolute atomic E-state index is 11.8. The molecule has 5 nitrogen and oxygen atoms in total. The minimum Gasteiger partial charge on any atom is -0.368 e. The van der Waals surface area contributed by atoms with Crippen molar-refractivity contribution in [3.05, 3.63) is 0 Å². The lowest BCUT2D eigenvalue weighted by Crippen LogP contribution is -2.43. The van der Waals surface area contributed by atoms with Crippen LogP contribution in [0.25, 0.3) is 0 Å². The van der Waals surface area contributed by atoms with Gasteiger partial charge in [-0.1, -0.05) is 13.3 Å². The van der Waals surface area contributed by atoms with Gasteiger partial charge in [0.1, 0.15) is 0 Å². The molecular formula is C12H23N3O2. The molecule has 0 unspecified atom stereocenters. The fourth-order valence-electron chi connectivity index (χ4n) is 1.65. The van der Waals surface area contributed by atoms with E-state index >= 15 is 0 Å². The maximum Gasteiger partial charge on any atom is 0.237 e. The molecule has 0 radical (unpaired) electrons. The minimum absolute atomic E-state index is 0.0297. The molecule has 0 heterocycles. The molecule has 1 aliphatic carbocycles. The van der Waals surface area contributed by atoms with Gasteiger partial charge in [0.05, 0.1) is 13.1 Å². The molecule has 98 valence electrons. The van der Waals surface area contributed by atoms with Gasteiger partial charge >= 0.3 is 0 Å². The molecular weight excluding hydrogens is 218 g/mol. The molecule has 1 saturated carbocycles. The van der Waals surface area contributed by atoms with Crippen LogP contribution in [0.3, 0.4) is 0 Å². The summed E-state index contributed by atoms with van der Waals surface area (Å²) in [4.78, 5) is 24.3. The highest BCUT2D eigenvalue weighted by atomic mass is 16.2. The molecule has 0 aromatic carbocycles. The van der Waals surface area contributed by atoms with Crippen LogP contribution in [0.15, 0.2) is 0 Å². The number of nitrogens with zero attached hydrogens (tertiary/aromatic N) is 1. The second-order valence-corrected chi connectivity index (χ2v) is 4.71. The third-order valence-corrected chi connectivity index (χ3v) is 2.89. The van der Waals surface area contributed by atoms with Crippen molar-refractivity contribution in [2.75, 3.05) is 26.2 Å². The van der Waals surface area contributed by atoms with Crippen molar-refractivity contribution < 1.29 is 9.59 Å². The molecule has 0 atom stereocenters. The average molecular weight is 241 g/mol. The van der Waals surface area contributed by atoms with Crippen molar-refractivity contribution in [2.24, 2.45) is 11.7 Å². The summed E-state index contributed by atoms with van der Waals surface area (Å²) in [5, 5.41) is 3.13. The highest BCUT2D eigenvalue weighted by Gasteiger charge is 2.21. The second kappa shape index (κ2) is 7.27. The van der Waals surface area contributed by atoms with Gasteiger partial charge in [-0.2, -0.15) is 0 Å². The normalized spacial score (nSPS) is 14.6. The monoisotopic (exact) mass is 241 g/mol. The number of nitrogens with one attached hydrogen (secondary N) is 1. The Labute approximate surface area is 103 Å². The van der Waals surface area contributed by atoms with Crippen LogP contribution in [-0.4, -0.2) is 42.9 Å². The van der Waals surface area contributed by atoms with Crippen molar-refractivity contribution >= 4 is 11.8 Å². The number of rotatable bonds is 9. The van der Waals surface area contributed by atoms with Crippen LogP contribution in [0.4, 0.5) is 0 Å². The van der Waals surface area contributed by atoms with Crippen LogP contribution in [0.1, 0.15) is 32.6 Å². The Morgan fingerprint density at radius 1 is 1.41 bits per heavy atom. The van der Waals surface area contributed by atoms with Gasteiger partial charge in [0.25, 0.3) is 0 Å². The fourth-order valence-corrected chi connectivity index (χ4v) is 1.65. The first-order valence-electron chi connectivity index (χ1n) is 6.40. The van der Waals surface area contributed by atoms with Gasteiger partial charge in [-0.3, -0.25) is 9.59 Å². The summed E-state index contributed by atoms with van der Waals surface area (Å²) >= 11 is 0. The summed E-state index contributed by atoms with van der Waals surface area (Å²) in [6.45, 7) is 3.92. The van der Waals surface area contributed by atoms with E-state index in [0.717, 1.165) is 25.3 Å². The van der Waals surface area contributed by atoms with Gasteiger partial charge < -0.3 is 16.0 Å². The number of primary amides is 1. The summed E-state index contributed by atoms with van der Waals surface area (Å²) in [7, 11) is 0. The summed E-state index contributed by atoms with van der Waals surface area (Å²) in [5.74, 6) is 0.276. The Balaban J connectivity index is 2.25. The van der Waals surface area contributed by atoms with Gasteiger partial charge in [-0.25, -0.2) is 0 Å². The van der Waals surface area contributed by atoms with Crippen LogP contribution in [0.2, 0.25) is 0 Å². The number of carbonyl (C=O) groups excluding carboxylic acids is 2. The van der Waals surface area contributed by atoms with E-state index in [1.807, 2.05) is 0 Å². The molecule has 2 amide bonds. The zero-order valence-corrected chi connectivity index (χ0v) is 10.6. The van der Waals surface area contributed by atoms with Crippen molar-refractivity contribution in [3.63, 3.8) is 0 Å². The summed E-state index contributed by atoms with van der Waals surface area (Å²) in [5.41, 5.74) is 5.14. The molecule has 17 heavy (non-hydrogen) atoms. The van der Waals surface area contributed by atoms with Gasteiger partial charge in [-0.05, 0) is 31.7 Å². The Bertz CT molecular complexity index is 264. The highest BCUT2D eigenvalue weighted by molar-refractivity contribution is 5.84. The number of hydrogen-bond donors (Lipinski definition) is 2. The fraction of sp³-hybridized carbons (Fsp3) is 0.833. The van der Waals surface area contributed by atoms with Crippen molar-refractivity contribution in [3.8, 4) is 0 Å². The van der Waals surface area contributed by atoms with Crippen LogP contribution >= 0.6 is 0 Å². The van der Waals surface area contributed by atoms with Crippen molar-refractivity contribution in [2.45, 2.75) is 32.6 Å². The lowest BCUT2D eigenvalue weighted by molar-refractivity contribution is -0.134. The van der Waals surface area contributed by atoms with E-state index < -0.39 is 5.91 Å². The Kier molecular flexibility index (Phi) is 5.97. The van der Waals surface area contributed by atoms with E-state index in [1.54, 1.807) is 4.90 Å². The first kappa shape index (κ1) is 14.0. The first-order chi connectivity index (χ1) is 8.13. The number of unbranched alkanes of at least 4 members (excludes halogenated alkanes) is 1. The third kappa shape index (κ3) is 6.26. The number of nitrogens with two attached hydrogens (primary N) is 1. The van der Waals surface area contributed by atoms with Crippen LogP contribution in [0, 0.1) is 5.92 Å². The number of amides is 2. The Morgan fingerprint density at radius 3 is 2.65 bits per heavy atom. The molecule has 0 aromatic rings. The Hall–Kier alpha value is -1.10. The summed E-state index contributed by atoms with van der Waals surface area (Å²) in [6, 6.07) is 0. The molecule has 1 fully saturated rings. The quantitative estimate of drug-likeness (QED) is 0.601. The van der Waals surface area contributed by atoms with Crippen LogP contribution in [-0.2, 0) is 9.59 Å². The van der Waals surface area contributed by atoms with Gasteiger partial charge in [0.15, 0.2) is 0 Å². The van der Waals surface area contributed by atoms with Crippen molar-refractivity contribution in [1.82, 2.24) is 10.2 Å². The zero-order chi connectivity index (χ0) is 12.7. The maximum atomic E-state index is 11.8. The molecule has 0 spiro atoms. The van der Waals surface area contributed by atoms with E-state index in [2.05, 4.69) is 12.2 Å². The zero-order valence-electron chi connectivity index (χ0n) is 10.6. The molecule has 0 aliphatic heterocycles. The summed E-state index contributed by atoms with van der Waals surface area (Å²) < 4.78 is 0. The first-order valence-corrected chi connectivity index (χ1v) is 6.40. The number of carbonyl (C=O) groups is 2. The average Bonchev–Trinajstić information content (AvgIpc) is 3.07. The van der Waals surface area contributed by atoms with Crippen LogP contribution in [0.5, 0.6) is 0 Å². The molecule has 5 heteroatoms. The SMILES string of the molecule is CCCCN(CC(N)=O)C(=O)CNCC1CC1. The lowest BCUT2D eigenvalue weighted by atomic mass is 10.3. The van der Waals surface area contributed by atoms with E-state index in [4.69, 9.17) is 5.73 Å². The van der Waals surface area contributed by atoms with E-state index in [1.165, 1.54) is 12.8 Å². The topological polar surface area (TPSA) is 75.4 Å². The van der Waals surface area contributed by atoms with Gasteiger partial charge in [-0.15, -0.1) is 0 Å². The molecule has 3 N–H and O–H groups in total. The largest absolute Gasteiger partial charge is 0.368 e. The van der Waals surface area contributed by atoms with E-state index in [0.29, 0.717) is 13.1 Å². The van der Waals surface area contributed by atoms with Crippen LogP contribution < -0.4 is 11.1 Å². The molecule has 0 aromatic heterocycles.